The minimum Gasteiger partial charge on any atom is -0.361 e. The summed E-state index contributed by atoms with van der Waals surface area (Å²) in [5.74, 6) is 0.0268. The standard InChI is InChI=1S/C20H20ClFN4O2/c1-12-10-17(24-28-12)19-18(20(27)25-8-4-3-5-9-25)13(2)23-26(19)14-6-7-16(22)15(21)11-14/h6-7,10-11H,3-5,8-9H2,1-2H3. The Balaban J connectivity index is 1.89. The van der Waals surface area contributed by atoms with Crippen LogP contribution in [0, 0.1) is 19.7 Å². The quantitative estimate of drug-likeness (QED) is 0.644. The Morgan fingerprint density at radius 3 is 2.57 bits per heavy atom. The molecule has 1 aliphatic heterocycles. The molecule has 0 saturated carbocycles. The number of carbonyl (C=O) groups is 1. The molecule has 0 radical (unpaired) electrons. The first kappa shape index (κ1) is 18.7. The number of nitrogens with zero attached hydrogens (tertiary/aromatic N) is 4. The summed E-state index contributed by atoms with van der Waals surface area (Å²) in [6.07, 6.45) is 3.11. The maximum absolute atomic E-state index is 13.6. The highest BCUT2D eigenvalue weighted by Gasteiger charge is 2.29. The predicted octanol–water partition coefficient (Wildman–Crippen LogP) is 4.56. The van der Waals surface area contributed by atoms with E-state index in [1.165, 1.54) is 12.1 Å². The van der Waals surface area contributed by atoms with E-state index in [0.29, 0.717) is 34.1 Å². The third kappa shape index (κ3) is 3.30. The smallest absolute Gasteiger partial charge is 0.258 e. The molecule has 2 aromatic heterocycles. The number of aryl methyl sites for hydroxylation is 2. The first-order chi connectivity index (χ1) is 13.5. The van der Waals surface area contributed by atoms with E-state index >= 15 is 0 Å². The normalized spacial score (nSPS) is 14.5. The van der Waals surface area contributed by atoms with E-state index in [0.717, 1.165) is 32.4 Å². The molecule has 6 nitrogen and oxygen atoms in total. The second-order valence-electron chi connectivity index (χ2n) is 6.99. The van der Waals surface area contributed by atoms with Gasteiger partial charge >= 0.3 is 0 Å². The highest BCUT2D eigenvalue weighted by atomic mass is 35.5. The summed E-state index contributed by atoms with van der Waals surface area (Å²) < 4.78 is 20.5. The van der Waals surface area contributed by atoms with E-state index in [1.807, 2.05) is 4.90 Å². The number of amides is 1. The molecule has 1 fully saturated rings. The first-order valence-electron chi connectivity index (χ1n) is 9.23. The van der Waals surface area contributed by atoms with E-state index in [-0.39, 0.29) is 10.9 Å². The number of carbonyl (C=O) groups excluding carboxylic acids is 1. The van der Waals surface area contributed by atoms with Gasteiger partial charge in [0.05, 0.1) is 22.0 Å². The summed E-state index contributed by atoms with van der Waals surface area (Å²) in [5.41, 5.74) is 2.62. The van der Waals surface area contributed by atoms with Gasteiger partial charge in [-0.1, -0.05) is 16.8 Å². The van der Waals surface area contributed by atoms with Crippen LogP contribution in [0.2, 0.25) is 5.02 Å². The summed E-state index contributed by atoms with van der Waals surface area (Å²) in [5, 5.41) is 8.64. The van der Waals surface area contributed by atoms with Crippen molar-refractivity contribution >= 4 is 17.5 Å². The van der Waals surface area contributed by atoms with Gasteiger partial charge in [-0.15, -0.1) is 0 Å². The molecule has 1 aromatic carbocycles. The molecule has 1 saturated heterocycles. The van der Waals surface area contributed by atoms with Crippen molar-refractivity contribution in [2.75, 3.05) is 13.1 Å². The zero-order chi connectivity index (χ0) is 19.8. The van der Waals surface area contributed by atoms with E-state index < -0.39 is 5.82 Å². The maximum Gasteiger partial charge on any atom is 0.258 e. The number of halogens is 2. The van der Waals surface area contributed by atoms with Crippen LogP contribution in [-0.4, -0.2) is 38.8 Å². The number of hydrogen-bond donors (Lipinski definition) is 0. The fourth-order valence-electron chi connectivity index (χ4n) is 3.56. The van der Waals surface area contributed by atoms with Crippen LogP contribution in [0.5, 0.6) is 0 Å². The zero-order valence-corrected chi connectivity index (χ0v) is 16.5. The van der Waals surface area contributed by atoms with Crippen molar-refractivity contribution in [3.63, 3.8) is 0 Å². The minimum absolute atomic E-state index is 0.0168. The van der Waals surface area contributed by atoms with Crippen LogP contribution < -0.4 is 0 Å². The zero-order valence-electron chi connectivity index (χ0n) is 15.7. The second kappa shape index (κ2) is 7.39. The highest BCUT2D eigenvalue weighted by Crippen LogP contribution is 2.31. The monoisotopic (exact) mass is 402 g/mol. The van der Waals surface area contributed by atoms with Crippen molar-refractivity contribution in [3.05, 3.63) is 52.1 Å². The number of piperidine rings is 1. The van der Waals surface area contributed by atoms with Crippen molar-refractivity contribution in [3.8, 4) is 17.1 Å². The van der Waals surface area contributed by atoms with Gasteiger partial charge in [0.1, 0.15) is 23.0 Å². The highest BCUT2D eigenvalue weighted by molar-refractivity contribution is 6.30. The topological polar surface area (TPSA) is 64.2 Å². The maximum atomic E-state index is 13.6. The molecule has 28 heavy (non-hydrogen) atoms. The molecular weight excluding hydrogens is 383 g/mol. The molecule has 0 aliphatic carbocycles. The second-order valence-corrected chi connectivity index (χ2v) is 7.40. The van der Waals surface area contributed by atoms with Crippen LogP contribution in [0.1, 0.15) is 41.1 Å². The SMILES string of the molecule is Cc1cc(-c2c(C(=O)N3CCCCC3)c(C)nn2-c2ccc(F)c(Cl)c2)no1. The predicted molar refractivity (Wildman–Crippen MR) is 103 cm³/mol. The third-order valence-electron chi connectivity index (χ3n) is 4.94. The Morgan fingerprint density at radius 2 is 1.93 bits per heavy atom. The van der Waals surface area contributed by atoms with Gasteiger partial charge in [0, 0.05) is 19.2 Å². The molecular formula is C20H20ClFN4O2. The van der Waals surface area contributed by atoms with E-state index in [9.17, 15) is 9.18 Å². The van der Waals surface area contributed by atoms with Crippen molar-refractivity contribution in [2.24, 2.45) is 0 Å². The fraction of sp³-hybridized carbons (Fsp3) is 0.350. The fourth-order valence-corrected chi connectivity index (χ4v) is 3.73. The summed E-state index contributed by atoms with van der Waals surface area (Å²) in [6, 6.07) is 6.08. The lowest BCUT2D eigenvalue weighted by Gasteiger charge is -2.26. The van der Waals surface area contributed by atoms with Crippen molar-refractivity contribution in [1.29, 1.82) is 0 Å². The van der Waals surface area contributed by atoms with Crippen LogP contribution in [0.3, 0.4) is 0 Å². The van der Waals surface area contributed by atoms with Crippen molar-refractivity contribution in [1.82, 2.24) is 19.8 Å². The Morgan fingerprint density at radius 1 is 1.18 bits per heavy atom. The lowest BCUT2D eigenvalue weighted by atomic mass is 10.1. The van der Waals surface area contributed by atoms with Crippen LogP contribution in [-0.2, 0) is 0 Å². The Labute approximate surface area is 166 Å². The number of benzene rings is 1. The molecule has 0 bridgehead atoms. The lowest BCUT2D eigenvalue weighted by Crippen LogP contribution is -2.36. The van der Waals surface area contributed by atoms with Crippen LogP contribution in [0.4, 0.5) is 4.39 Å². The Kier molecular flexibility index (Phi) is 4.93. The Hall–Kier alpha value is -2.67. The average Bonchev–Trinajstić information content (AvgIpc) is 3.27. The Bertz CT molecular complexity index is 1040. The summed E-state index contributed by atoms with van der Waals surface area (Å²) >= 11 is 5.97. The van der Waals surface area contributed by atoms with Crippen LogP contribution >= 0.6 is 11.6 Å². The molecule has 3 heterocycles. The number of hydrogen-bond acceptors (Lipinski definition) is 4. The molecule has 0 N–H and O–H groups in total. The summed E-state index contributed by atoms with van der Waals surface area (Å²) in [6.45, 7) is 5.02. The molecule has 146 valence electrons. The molecule has 3 aromatic rings. The largest absolute Gasteiger partial charge is 0.361 e. The average molecular weight is 403 g/mol. The van der Waals surface area contributed by atoms with Gasteiger partial charge in [-0.3, -0.25) is 4.79 Å². The van der Waals surface area contributed by atoms with Crippen LogP contribution in [0.25, 0.3) is 17.1 Å². The third-order valence-corrected chi connectivity index (χ3v) is 5.23. The number of likely N-dealkylation sites (tertiary alicyclic amines) is 1. The van der Waals surface area contributed by atoms with Gasteiger partial charge in [0.15, 0.2) is 0 Å². The molecule has 8 heteroatoms. The van der Waals surface area contributed by atoms with Crippen molar-refractivity contribution < 1.29 is 13.7 Å². The molecule has 4 rings (SSSR count). The molecule has 1 aliphatic rings. The molecule has 0 unspecified atom stereocenters. The molecule has 0 spiro atoms. The molecule has 1 amide bonds. The van der Waals surface area contributed by atoms with Gasteiger partial charge in [-0.2, -0.15) is 5.10 Å². The van der Waals surface area contributed by atoms with E-state index in [4.69, 9.17) is 16.1 Å². The summed E-state index contributed by atoms with van der Waals surface area (Å²) in [4.78, 5) is 15.2. The van der Waals surface area contributed by atoms with Crippen LogP contribution in [0.15, 0.2) is 28.8 Å². The van der Waals surface area contributed by atoms with Gasteiger partial charge in [-0.05, 0) is 51.3 Å². The van der Waals surface area contributed by atoms with Gasteiger partial charge in [0.2, 0.25) is 0 Å². The molecule has 0 atom stereocenters. The summed E-state index contributed by atoms with van der Waals surface area (Å²) in [7, 11) is 0. The van der Waals surface area contributed by atoms with E-state index in [2.05, 4.69) is 10.3 Å². The van der Waals surface area contributed by atoms with Gasteiger partial charge < -0.3 is 9.42 Å². The minimum atomic E-state index is -0.516. The van der Waals surface area contributed by atoms with Gasteiger partial charge in [0.25, 0.3) is 5.91 Å². The lowest BCUT2D eigenvalue weighted by molar-refractivity contribution is 0.0724. The van der Waals surface area contributed by atoms with E-state index in [1.54, 1.807) is 30.7 Å². The number of aromatic nitrogens is 3. The van der Waals surface area contributed by atoms with Crippen molar-refractivity contribution in [2.45, 2.75) is 33.1 Å². The number of rotatable bonds is 3. The first-order valence-corrected chi connectivity index (χ1v) is 9.61. The van der Waals surface area contributed by atoms with Gasteiger partial charge in [-0.25, -0.2) is 9.07 Å².